The molecular formula is C21H24FN5O3. The van der Waals surface area contributed by atoms with Gasteiger partial charge in [0.05, 0.1) is 19.3 Å². The van der Waals surface area contributed by atoms with Gasteiger partial charge in [0.15, 0.2) is 5.82 Å². The molecule has 0 fully saturated rings. The summed E-state index contributed by atoms with van der Waals surface area (Å²) in [5, 5.41) is 11.3. The Morgan fingerprint density at radius 1 is 1.17 bits per heavy atom. The van der Waals surface area contributed by atoms with Gasteiger partial charge >= 0.3 is 0 Å². The second kappa shape index (κ2) is 9.36. The number of carbonyl (C=O) groups excluding carboxylic acids is 1. The maximum absolute atomic E-state index is 13.2. The van der Waals surface area contributed by atoms with Gasteiger partial charge in [-0.15, -0.1) is 10.2 Å². The van der Waals surface area contributed by atoms with Crippen LogP contribution in [0.3, 0.4) is 0 Å². The predicted octanol–water partition coefficient (Wildman–Crippen LogP) is 2.77. The van der Waals surface area contributed by atoms with Crippen molar-refractivity contribution in [2.45, 2.75) is 0 Å². The van der Waals surface area contributed by atoms with Gasteiger partial charge in [-0.05, 0) is 42.5 Å². The molecule has 9 heteroatoms. The lowest BCUT2D eigenvalue weighted by Gasteiger charge is -2.18. The number of nitrogens with one attached hydrogen (secondary N) is 1. The lowest BCUT2D eigenvalue weighted by Crippen LogP contribution is -2.26. The summed E-state index contributed by atoms with van der Waals surface area (Å²) in [4.78, 5) is 14.1. The van der Waals surface area contributed by atoms with Crippen molar-refractivity contribution in [3.63, 3.8) is 0 Å². The number of halogens is 1. The van der Waals surface area contributed by atoms with E-state index in [0.29, 0.717) is 41.8 Å². The van der Waals surface area contributed by atoms with Crippen molar-refractivity contribution < 1.29 is 18.7 Å². The van der Waals surface area contributed by atoms with Crippen molar-refractivity contribution in [3.8, 4) is 17.1 Å². The van der Waals surface area contributed by atoms with Crippen LogP contribution in [0.25, 0.3) is 11.4 Å². The van der Waals surface area contributed by atoms with Crippen LogP contribution in [0.1, 0.15) is 10.4 Å². The molecule has 0 radical (unpaired) electrons. The number of carbonyl (C=O) groups is 1. The molecule has 0 aliphatic carbocycles. The van der Waals surface area contributed by atoms with Crippen LogP contribution in [0.15, 0.2) is 42.5 Å². The third-order valence-corrected chi connectivity index (χ3v) is 4.66. The highest BCUT2D eigenvalue weighted by atomic mass is 19.1. The zero-order valence-corrected chi connectivity index (χ0v) is 17.3. The standard InChI is InChI=1S/C21H24FN5O3/c1-26(16-8-6-15(22)7-9-16)21-25-24-19(27(21)2)17-10-5-14(13-18(17)30-4)20(28)23-11-12-29-3/h5-10,13H,11-12H2,1-4H3,(H,23,28). The van der Waals surface area contributed by atoms with Gasteiger partial charge < -0.3 is 19.7 Å². The molecule has 1 amide bonds. The van der Waals surface area contributed by atoms with E-state index in [0.717, 1.165) is 5.69 Å². The Labute approximate surface area is 174 Å². The smallest absolute Gasteiger partial charge is 0.251 e. The molecule has 0 saturated heterocycles. The first-order valence-electron chi connectivity index (χ1n) is 9.30. The molecule has 0 aliphatic rings. The normalized spacial score (nSPS) is 10.7. The van der Waals surface area contributed by atoms with Crippen LogP contribution < -0.4 is 15.0 Å². The number of nitrogens with zero attached hydrogens (tertiary/aromatic N) is 4. The molecule has 158 valence electrons. The number of rotatable bonds is 8. The highest BCUT2D eigenvalue weighted by Gasteiger charge is 2.19. The molecule has 2 aromatic carbocycles. The van der Waals surface area contributed by atoms with Crippen molar-refractivity contribution in [1.29, 1.82) is 0 Å². The number of methoxy groups -OCH3 is 2. The van der Waals surface area contributed by atoms with Crippen molar-refractivity contribution in [2.75, 3.05) is 39.3 Å². The van der Waals surface area contributed by atoms with E-state index in [2.05, 4.69) is 15.5 Å². The zero-order chi connectivity index (χ0) is 21.7. The van der Waals surface area contributed by atoms with E-state index in [1.54, 1.807) is 46.9 Å². The van der Waals surface area contributed by atoms with Crippen LogP contribution in [0.4, 0.5) is 16.0 Å². The average Bonchev–Trinajstić information content (AvgIpc) is 3.14. The fourth-order valence-corrected chi connectivity index (χ4v) is 3.01. The van der Waals surface area contributed by atoms with E-state index >= 15 is 0 Å². The molecule has 0 aliphatic heterocycles. The van der Waals surface area contributed by atoms with Gasteiger partial charge in [-0.2, -0.15) is 0 Å². The van der Waals surface area contributed by atoms with Gasteiger partial charge in [-0.3, -0.25) is 9.36 Å². The van der Waals surface area contributed by atoms with Gasteiger partial charge in [0, 0.05) is 39.0 Å². The second-order valence-electron chi connectivity index (χ2n) is 6.58. The Hall–Kier alpha value is -3.46. The Balaban J connectivity index is 1.89. The molecule has 0 spiro atoms. The molecule has 0 unspecified atom stereocenters. The quantitative estimate of drug-likeness (QED) is 0.572. The summed E-state index contributed by atoms with van der Waals surface area (Å²) in [5.41, 5.74) is 1.94. The van der Waals surface area contributed by atoms with Crippen molar-refractivity contribution in [2.24, 2.45) is 7.05 Å². The van der Waals surface area contributed by atoms with E-state index < -0.39 is 0 Å². The van der Waals surface area contributed by atoms with E-state index in [1.165, 1.54) is 19.2 Å². The maximum Gasteiger partial charge on any atom is 0.251 e. The van der Waals surface area contributed by atoms with Crippen LogP contribution >= 0.6 is 0 Å². The fourth-order valence-electron chi connectivity index (χ4n) is 3.01. The minimum Gasteiger partial charge on any atom is -0.496 e. The Bertz CT molecular complexity index is 1020. The highest BCUT2D eigenvalue weighted by Crippen LogP contribution is 2.32. The summed E-state index contributed by atoms with van der Waals surface area (Å²) in [7, 11) is 6.77. The molecule has 1 heterocycles. The zero-order valence-electron chi connectivity index (χ0n) is 17.3. The van der Waals surface area contributed by atoms with E-state index in [9.17, 15) is 9.18 Å². The monoisotopic (exact) mass is 413 g/mol. The fraction of sp³-hybridized carbons (Fsp3) is 0.286. The Morgan fingerprint density at radius 3 is 2.57 bits per heavy atom. The third kappa shape index (κ3) is 4.41. The van der Waals surface area contributed by atoms with Crippen molar-refractivity contribution >= 4 is 17.5 Å². The molecule has 1 N–H and O–H groups in total. The first-order valence-corrected chi connectivity index (χ1v) is 9.30. The third-order valence-electron chi connectivity index (χ3n) is 4.66. The first kappa shape index (κ1) is 21.3. The number of anilines is 2. The summed E-state index contributed by atoms with van der Waals surface area (Å²) in [6, 6.07) is 11.3. The molecule has 3 rings (SSSR count). The summed E-state index contributed by atoms with van der Waals surface area (Å²) < 4.78 is 25.5. The number of benzene rings is 2. The van der Waals surface area contributed by atoms with Crippen LogP contribution in [0, 0.1) is 5.82 Å². The van der Waals surface area contributed by atoms with Gasteiger partial charge in [-0.25, -0.2) is 4.39 Å². The van der Waals surface area contributed by atoms with Crippen molar-refractivity contribution in [1.82, 2.24) is 20.1 Å². The first-order chi connectivity index (χ1) is 14.5. The molecule has 0 saturated carbocycles. The summed E-state index contributed by atoms with van der Waals surface area (Å²) in [5.74, 6) is 1.12. The molecular weight excluding hydrogens is 389 g/mol. The van der Waals surface area contributed by atoms with E-state index in [-0.39, 0.29) is 11.7 Å². The van der Waals surface area contributed by atoms with Crippen LogP contribution in [0.2, 0.25) is 0 Å². The Kier molecular flexibility index (Phi) is 6.63. The summed E-state index contributed by atoms with van der Waals surface area (Å²) in [6.45, 7) is 0.853. The van der Waals surface area contributed by atoms with E-state index in [1.807, 2.05) is 14.1 Å². The largest absolute Gasteiger partial charge is 0.496 e. The van der Waals surface area contributed by atoms with Crippen LogP contribution in [-0.4, -0.2) is 55.1 Å². The molecule has 0 bridgehead atoms. The second-order valence-corrected chi connectivity index (χ2v) is 6.58. The number of hydrogen-bond donors (Lipinski definition) is 1. The highest BCUT2D eigenvalue weighted by molar-refractivity contribution is 5.95. The lowest BCUT2D eigenvalue weighted by molar-refractivity contribution is 0.0937. The van der Waals surface area contributed by atoms with Crippen LogP contribution in [-0.2, 0) is 11.8 Å². The van der Waals surface area contributed by atoms with Gasteiger partial charge in [0.2, 0.25) is 5.95 Å². The SMILES string of the molecule is COCCNC(=O)c1ccc(-c2nnc(N(C)c3ccc(F)cc3)n2C)c(OC)c1. The molecule has 3 aromatic rings. The number of aromatic nitrogens is 3. The number of hydrogen-bond acceptors (Lipinski definition) is 6. The predicted molar refractivity (Wildman–Crippen MR) is 112 cm³/mol. The molecule has 30 heavy (non-hydrogen) atoms. The maximum atomic E-state index is 13.2. The number of amides is 1. The van der Waals surface area contributed by atoms with Gasteiger partial charge in [0.25, 0.3) is 5.91 Å². The summed E-state index contributed by atoms with van der Waals surface area (Å²) in [6.07, 6.45) is 0. The van der Waals surface area contributed by atoms with E-state index in [4.69, 9.17) is 9.47 Å². The van der Waals surface area contributed by atoms with Crippen LogP contribution in [0.5, 0.6) is 5.75 Å². The average molecular weight is 413 g/mol. The topological polar surface area (TPSA) is 81.5 Å². The van der Waals surface area contributed by atoms with Gasteiger partial charge in [0.1, 0.15) is 11.6 Å². The number of ether oxygens (including phenoxy) is 2. The Morgan fingerprint density at radius 2 is 1.90 bits per heavy atom. The summed E-state index contributed by atoms with van der Waals surface area (Å²) >= 11 is 0. The minimum absolute atomic E-state index is 0.216. The minimum atomic E-state index is -0.304. The molecule has 0 atom stereocenters. The molecule has 1 aromatic heterocycles. The lowest BCUT2D eigenvalue weighted by atomic mass is 10.1. The van der Waals surface area contributed by atoms with Crippen molar-refractivity contribution in [3.05, 3.63) is 53.8 Å². The molecule has 8 nitrogen and oxygen atoms in total. The van der Waals surface area contributed by atoms with Gasteiger partial charge in [-0.1, -0.05) is 0 Å².